The summed E-state index contributed by atoms with van der Waals surface area (Å²) in [4.78, 5) is 0. The quantitative estimate of drug-likeness (QED) is 0.905. The van der Waals surface area contributed by atoms with E-state index in [4.69, 9.17) is 14.2 Å². The molecule has 0 spiro atoms. The minimum atomic E-state index is 0.237. The molecule has 3 unspecified atom stereocenters. The van der Waals surface area contributed by atoms with Gasteiger partial charge in [-0.3, -0.25) is 0 Å². The van der Waals surface area contributed by atoms with Crippen LogP contribution in [0.3, 0.4) is 0 Å². The molecule has 21 heavy (non-hydrogen) atoms. The van der Waals surface area contributed by atoms with Crippen LogP contribution in [0.2, 0.25) is 0 Å². The Hall–Kier alpha value is -1.26. The van der Waals surface area contributed by atoms with Gasteiger partial charge in [-0.15, -0.1) is 0 Å². The van der Waals surface area contributed by atoms with Crippen LogP contribution in [0, 0.1) is 5.92 Å². The van der Waals surface area contributed by atoms with Crippen LogP contribution in [-0.2, 0) is 4.74 Å². The molecule has 2 heterocycles. The molecule has 0 bridgehead atoms. The smallest absolute Gasteiger partial charge is 0.128 e. The molecule has 116 valence electrons. The highest BCUT2D eigenvalue weighted by molar-refractivity contribution is 5.44. The molecule has 4 heteroatoms. The topological polar surface area (TPSA) is 39.7 Å². The highest BCUT2D eigenvalue weighted by Gasteiger charge is 2.35. The van der Waals surface area contributed by atoms with E-state index in [0.717, 1.165) is 50.5 Å². The van der Waals surface area contributed by atoms with Crippen LogP contribution in [0.15, 0.2) is 18.2 Å². The molecular weight excluding hydrogens is 266 g/mol. The van der Waals surface area contributed by atoms with Crippen molar-refractivity contribution in [1.82, 2.24) is 5.32 Å². The zero-order valence-corrected chi connectivity index (χ0v) is 12.9. The third kappa shape index (κ3) is 3.16. The van der Waals surface area contributed by atoms with Crippen molar-refractivity contribution in [2.45, 2.75) is 38.3 Å². The molecule has 1 saturated heterocycles. The lowest BCUT2D eigenvalue weighted by Gasteiger charge is -2.35. The van der Waals surface area contributed by atoms with E-state index in [1.165, 1.54) is 5.56 Å². The van der Waals surface area contributed by atoms with E-state index >= 15 is 0 Å². The maximum absolute atomic E-state index is 6.27. The van der Waals surface area contributed by atoms with E-state index in [9.17, 15) is 0 Å². The highest BCUT2D eigenvalue weighted by Crippen LogP contribution is 2.40. The van der Waals surface area contributed by atoms with Crippen LogP contribution in [0.4, 0.5) is 0 Å². The third-order valence-corrected chi connectivity index (χ3v) is 4.47. The largest absolute Gasteiger partial charge is 0.497 e. The number of methoxy groups -OCH3 is 1. The number of benzene rings is 1. The summed E-state index contributed by atoms with van der Waals surface area (Å²) in [6.45, 7) is 4.92. The molecule has 4 nitrogen and oxygen atoms in total. The Morgan fingerprint density at radius 2 is 2.29 bits per heavy atom. The number of ether oxygens (including phenoxy) is 3. The predicted molar refractivity (Wildman–Crippen MR) is 82.0 cm³/mol. The van der Waals surface area contributed by atoms with Gasteiger partial charge in [0.1, 0.15) is 17.6 Å². The molecule has 3 atom stereocenters. The van der Waals surface area contributed by atoms with E-state index in [1.54, 1.807) is 7.11 Å². The van der Waals surface area contributed by atoms with Gasteiger partial charge < -0.3 is 19.5 Å². The zero-order chi connectivity index (χ0) is 14.7. The van der Waals surface area contributed by atoms with Gasteiger partial charge in [-0.05, 0) is 25.5 Å². The van der Waals surface area contributed by atoms with Crippen molar-refractivity contribution < 1.29 is 14.2 Å². The second-order valence-corrected chi connectivity index (χ2v) is 5.93. The number of rotatable bonds is 5. The molecule has 2 aliphatic rings. The standard InChI is InChI=1S/C17H25NO3/c1-3-7-18-15-10-16(12-6-8-20-11-12)21-17-9-13(19-2)4-5-14(15)17/h4-5,9,12,15-16,18H,3,6-8,10-11H2,1-2H3. The Bertz CT molecular complexity index is 471. The molecule has 0 radical (unpaired) electrons. The first kappa shape index (κ1) is 14.7. The van der Waals surface area contributed by atoms with Gasteiger partial charge in [0.15, 0.2) is 0 Å². The highest BCUT2D eigenvalue weighted by atomic mass is 16.5. The molecule has 1 N–H and O–H groups in total. The minimum absolute atomic E-state index is 0.237. The van der Waals surface area contributed by atoms with Crippen LogP contribution in [0.25, 0.3) is 0 Å². The monoisotopic (exact) mass is 291 g/mol. The van der Waals surface area contributed by atoms with Gasteiger partial charge in [-0.2, -0.15) is 0 Å². The summed E-state index contributed by atoms with van der Waals surface area (Å²) in [6, 6.07) is 6.52. The second kappa shape index (κ2) is 6.67. The molecule has 0 aromatic heterocycles. The molecular formula is C17H25NO3. The third-order valence-electron chi connectivity index (χ3n) is 4.47. The number of nitrogens with one attached hydrogen (secondary N) is 1. The van der Waals surface area contributed by atoms with Crippen molar-refractivity contribution in [2.24, 2.45) is 5.92 Å². The van der Waals surface area contributed by atoms with Crippen LogP contribution in [-0.4, -0.2) is 33.0 Å². The zero-order valence-electron chi connectivity index (χ0n) is 12.9. The Kier molecular flexibility index (Phi) is 4.66. The second-order valence-electron chi connectivity index (χ2n) is 5.93. The Labute approximate surface area is 126 Å². The Balaban J connectivity index is 1.83. The maximum Gasteiger partial charge on any atom is 0.128 e. The van der Waals surface area contributed by atoms with E-state index in [0.29, 0.717) is 12.0 Å². The van der Waals surface area contributed by atoms with Crippen molar-refractivity contribution in [3.05, 3.63) is 23.8 Å². The van der Waals surface area contributed by atoms with E-state index in [1.807, 2.05) is 12.1 Å². The predicted octanol–water partition coefficient (Wildman–Crippen LogP) is 2.92. The summed E-state index contributed by atoms with van der Waals surface area (Å²) in [6.07, 6.45) is 3.50. The van der Waals surface area contributed by atoms with Crippen molar-refractivity contribution in [3.8, 4) is 11.5 Å². The van der Waals surface area contributed by atoms with Crippen molar-refractivity contribution in [3.63, 3.8) is 0 Å². The molecule has 2 aliphatic heterocycles. The summed E-state index contributed by atoms with van der Waals surface area (Å²) in [7, 11) is 1.69. The van der Waals surface area contributed by atoms with Crippen LogP contribution < -0.4 is 14.8 Å². The van der Waals surface area contributed by atoms with Gasteiger partial charge in [0.2, 0.25) is 0 Å². The maximum atomic E-state index is 6.27. The van der Waals surface area contributed by atoms with E-state index in [-0.39, 0.29) is 6.10 Å². The average molecular weight is 291 g/mol. The van der Waals surface area contributed by atoms with Crippen LogP contribution in [0.5, 0.6) is 11.5 Å². The number of fused-ring (bicyclic) bond motifs is 1. The fourth-order valence-corrected chi connectivity index (χ4v) is 3.25. The summed E-state index contributed by atoms with van der Waals surface area (Å²) < 4.78 is 17.1. The van der Waals surface area contributed by atoms with Gasteiger partial charge in [0, 0.05) is 36.6 Å². The molecule has 0 amide bonds. The number of hydrogen-bond donors (Lipinski definition) is 1. The average Bonchev–Trinajstić information content (AvgIpc) is 3.06. The van der Waals surface area contributed by atoms with Gasteiger partial charge in [-0.25, -0.2) is 0 Å². The van der Waals surface area contributed by atoms with Crippen LogP contribution >= 0.6 is 0 Å². The summed E-state index contributed by atoms with van der Waals surface area (Å²) >= 11 is 0. The summed E-state index contributed by atoms with van der Waals surface area (Å²) in [5.74, 6) is 2.33. The Morgan fingerprint density at radius 3 is 3.00 bits per heavy atom. The lowest BCUT2D eigenvalue weighted by atomic mass is 9.89. The molecule has 1 fully saturated rings. The van der Waals surface area contributed by atoms with Crippen molar-refractivity contribution in [1.29, 1.82) is 0 Å². The van der Waals surface area contributed by atoms with Gasteiger partial charge in [0.25, 0.3) is 0 Å². The lowest BCUT2D eigenvalue weighted by Crippen LogP contribution is -2.37. The molecule has 0 aliphatic carbocycles. The molecule has 3 rings (SSSR count). The first-order valence-electron chi connectivity index (χ1n) is 7.97. The first-order valence-corrected chi connectivity index (χ1v) is 7.97. The van der Waals surface area contributed by atoms with Crippen molar-refractivity contribution >= 4 is 0 Å². The normalized spacial score (nSPS) is 28.0. The SMILES string of the molecule is CCCNC1CC(C2CCOC2)Oc2cc(OC)ccc21. The molecule has 1 aromatic rings. The number of hydrogen-bond acceptors (Lipinski definition) is 4. The van der Waals surface area contributed by atoms with Gasteiger partial charge in [-0.1, -0.05) is 13.0 Å². The van der Waals surface area contributed by atoms with E-state index < -0.39 is 0 Å². The van der Waals surface area contributed by atoms with Gasteiger partial charge >= 0.3 is 0 Å². The summed E-state index contributed by atoms with van der Waals surface area (Å²) in [5.41, 5.74) is 1.25. The van der Waals surface area contributed by atoms with Crippen LogP contribution in [0.1, 0.15) is 37.8 Å². The van der Waals surface area contributed by atoms with Crippen molar-refractivity contribution in [2.75, 3.05) is 26.9 Å². The fourth-order valence-electron chi connectivity index (χ4n) is 3.25. The van der Waals surface area contributed by atoms with Gasteiger partial charge in [0.05, 0.1) is 13.7 Å². The lowest BCUT2D eigenvalue weighted by molar-refractivity contribution is 0.0799. The first-order chi connectivity index (χ1) is 10.3. The summed E-state index contributed by atoms with van der Waals surface area (Å²) in [5, 5.41) is 3.66. The fraction of sp³-hybridized carbons (Fsp3) is 0.647. The Morgan fingerprint density at radius 1 is 1.38 bits per heavy atom. The van der Waals surface area contributed by atoms with E-state index in [2.05, 4.69) is 18.3 Å². The molecule has 0 saturated carbocycles. The molecule has 1 aromatic carbocycles. The minimum Gasteiger partial charge on any atom is -0.497 e.